The predicted octanol–water partition coefficient (Wildman–Crippen LogP) is 0.947. The van der Waals surface area contributed by atoms with E-state index in [4.69, 9.17) is 42.1 Å². The van der Waals surface area contributed by atoms with Crippen molar-refractivity contribution in [3.8, 4) is 0 Å². The molecular formula is C8H12Cl2O4. The smallest absolute Gasteiger partial charge is 0.171 e. The fourth-order valence-electron chi connectivity index (χ4n) is 1.50. The van der Waals surface area contributed by atoms with Crippen molar-refractivity contribution < 1.29 is 18.9 Å². The summed E-state index contributed by atoms with van der Waals surface area (Å²) in [5, 5.41) is 0. The van der Waals surface area contributed by atoms with E-state index in [9.17, 15) is 0 Å². The Morgan fingerprint density at radius 1 is 0.857 bits per heavy atom. The van der Waals surface area contributed by atoms with Crippen LogP contribution in [0.25, 0.3) is 0 Å². The van der Waals surface area contributed by atoms with Gasteiger partial charge in [0.1, 0.15) is 12.2 Å². The summed E-state index contributed by atoms with van der Waals surface area (Å²) < 4.78 is 21.6. The number of hydrogen-bond acceptors (Lipinski definition) is 4. The van der Waals surface area contributed by atoms with Gasteiger partial charge in [-0.2, -0.15) is 0 Å². The Bertz CT molecular complexity index is 172. The molecule has 14 heavy (non-hydrogen) atoms. The van der Waals surface area contributed by atoms with Crippen molar-refractivity contribution in [1.82, 2.24) is 0 Å². The van der Waals surface area contributed by atoms with E-state index in [-0.39, 0.29) is 24.8 Å². The van der Waals surface area contributed by atoms with E-state index in [1.54, 1.807) is 0 Å². The van der Waals surface area contributed by atoms with Crippen LogP contribution in [0, 0.1) is 0 Å². The maximum Gasteiger partial charge on any atom is 0.171 e. The normalized spacial score (nSPS) is 43.3. The lowest BCUT2D eigenvalue weighted by Gasteiger charge is -2.40. The lowest BCUT2D eigenvalue weighted by atomic mass is 10.2. The van der Waals surface area contributed by atoms with Crippen molar-refractivity contribution in [2.45, 2.75) is 24.8 Å². The fraction of sp³-hybridized carbons (Fsp3) is 1.00. The molecule has 0 spiro atoms. The van der Waals surface area contributed by atoms with E-state index in [1.165, 1.54) is 0 Å². The molecule has 6 heteroatoms. The lowest BCUT2D eigenvalue weighted by molar-refractivity contribution is -0.327. The number of ether oxygens (including phenoxy) is 4. The molecule has 2 aliphatic rings. The Morgan fingerprint density at radius 2 is 1.29 bits per heavy atom. The first-order valence-electron chi connectivity index (χ1n) is 4.49. The van der Waals surface area contributed by atoms with Gasteiger partial charge in [0.05, 0.1) is 25.0 Å². The molecule has 2 saturated heterocycles. The zero-order valence-electron chi connectivity index (χ0n) is 7.53. The van der Waals surface area contributed by atoms with Crippen LogP contribution in [0.2, 0.25) is 0 Å². The van der Waals surface area contributed by atoms with Gasteiger partial charge in [-0.15, -0.1) is 23.2 Å². The SMILES string of the molecule is ClC[C@@H]1OC[C@H]2O[C@@H](CCl)OC[C@H]2O1. The Morgan fingerprint density at radius 3 is 1.64 bits per heavy atom. The molecule has 82 valence electrons. The summed E-state index contributed by atoms with van der Waals surface area (Å²) in [6, 6.07) is 0. The Balaban J connectivity index is 1.88. The van der Waals surface area contributed by atoms with E-state index in [0.29, 0.717) is 25.0 Å². The van der Waals surface area contributed by atoms with Gasteiger partial charge in [0.15, 0.2) is 12.6 Å². The number of hydrogen-bond donors (Lipinski definition) is 0. The number of fused-ring (bicyclic) bond motifs is 1. The third-order valence-electron chi connectivity index (χ3n) is 2.21. The Hall–Kier alpha value is 0.420. The zero-order valence-corrected chi connectivity index (χ0v) is 9.04. The summed E-state index contributed by atoms with van der Waals surface area (Å²) >= 11 is 11.2. The van der Waals surface area contributed by atoms with E-state index in [0.717, 1.165) is 0 Å². The highest BCUT2D eigenvalue weighted by Gasteiger charge is 2.38. The van der Waals surface area contributed by atoms with E-state index in [1.807, 2.05) is 0 Å². The molecule has 4 atom stereocenters. The molecule has 0 aromatic carbocycles. The molecule has 2 rings (SSSR count). The standard InChI is InChI=1S/C8H12Cl2O4/c9-1-7-11-3-6-5(13-7)4-12-8(2-10)14-6/h5-8H,1-4H2/t5-,6-,7-,8+/m1/s1. The second kappa shape index (κ2) is 4.96. The molecule has 0 saturated carbocycles. The van der Waals surface area contributed by atoms with Crippen molar-refractivity contribution in [1.29, 1.82) is 0 Å². The van der Waals surface area contributed by atoms with Crippen LogP contribution in [-0.4, -0.2) is 49.8 Å². The topological polar surface area (TPSA) is 36.9 Å². The molecule has 0 bridgehead atoms. The molecule has 2 aliphatic heterocycles. The maximum atomic E-state index is 5.61. The zero-order chi connectivity index (χ0) is 9.97. The first kappa shape index (κ1) is 10.9. The molecule has 2 heterocycles. The maximum absolute atomic E-state index is 5.61. The average molecular weight is 243 g/mol. The van der Waals surface area contributed by atoms with Crippen LogP contribution < -0.4 is 0 Å². The number of rotatable bonds is 2. The van der Waals surface area contributed by atoms with Gasteiger partial charge in [0.2, 0.25) is 0 Å². The lowest BCUT2D eigenvalue weighted by Crippen LogP contribution is -2.53. The summed E-state index contributed by atoms with van der Waals surface area (Å²) in [4.78, 5) is 0. The van der Waals surface area contributed by atoms with Crippen LogP contribution in [0.1, 0.15) is 0 Å². The van der Waals surface area contributed by atoms with E-state index in [2.05, 4.69) is 0 Å². The molecular weight excluding hydrogens is 231 g/mol. The van der Waals surface area contributed by atoms with Crippen molar-refractivity contribution in [3.63, 3.8) is 0 Å². The Labute approximate surface area is 92.3 Å². The Kier molecular flexibility index (Phi) is 3.87. The molecule has 0 radical (unpaired) electrons. The van der Waals surface area contributed by atoms with Crippen LogP contribution in [0.4, 0.5) is 0 Å². The first-order valence-corrected chi connectivity index (χ1v) is 5.56. The summed E-state index contributed by atoms with van der Waals surface area (Å²) in [7, 11) is 0. The fourth-order valence-corrected chi connectivity index (χ4v) is 1.83. The summed E-state index contributed by atoms with van der Waals surface area (Å²) in [6.45, 7) is 0.970. The number of alkyl halides is 2. The summed E-state index contributed by atoms with van der Waals surface area (Å²) in [6.07, 6.45) is -0.880. The van der Waals surface area contributed by atoms with Crippen molar-refractivity contribution in [2.24, 2.45) is 0 Å². The largest absolute Gasteiger partial charge is 0.349 e. The van der Waals surface area contributed by atoms with Gasteiger partial charge in [0, 0.05) is 0 Å². The molecule has 0 unspecified atom stereocenters. The van der Waals surface area contributed by atoms with Gasteiger partial charge in [0.25, 0.3) is 0 Å². The highest BCUT2D eigenvalue weighted by molar-refractivity contribution is 6.18. The van der Waals surface area contributed by atoms with Crippen molar-refractivity contribution in [3.05, 3.63) is 0 Å². The molecule has 4 nitrogen and oxygen atoms in total. The molecule has 0 aromatic heterocycles. The van der Waals surface area contributed by atoms with Crippen LogP contribution in [0.3, 0.4) is 0 Å². The molecule has 0 aliphatic carbocycles. The van der Waals surface area contributed by atoms with Crippen molar-refractivity contribution >= 4 is 23.2 Å². The quantitative estimate of drug-likeness (QED) is 0.676. The highest BCUT2D eigenvalue weighted by atomic mass is 35.5. The summed E-state index contributed by atoms with van der Waals surface area (Å²) in [5.74, 6) is 0.643. The third kappa shape index (κ3) is 2.32. The molecule has 2 fully saturated rings. The van der Waals surface area contributed by atoms with Crippen LogP contribution in [-0.2, 0) is 18.9 Å². The van der Waals surface area contributed by atoms with E-state index < -0.39 is 0 Å². The second-order valence-electron chi connectivity index (χ2n) is 3.18. The van der Waals surface area contributed by atoms with Gasteiger partial charge in [-0.25, -0.2) is 0 Å². The highest BCUT2D eigenvalue weighted by Crippen LogP contribution is 2.23. The van der Waals surface area contributed by atoms with Gasteiger partial charge >= 0.3 is 0 Å². The van der Waals surface area contributed by atoms with Gasteiger partial charge in [-0.3, -0.25) is 0 Å². The van der Waals surface area contributed by atoms with Gasteiger partial charge in [-0.1, -0.05) is 0 Å². The third-order valence-corrected chi connectivity index (χ3v) is 2.72. The van der Waals surface area contributed by atoms with Crippen LogP contribution in [0.5, 0.6) is 0 Å². The predicted molar refractivity (Wildman–Crippen MR) is 50.7 cm³/mol. The van der Waals surface area contributed by atoms with Gasteiger partial charge < -0.3 is 18.9 Å². The second-order valence-corrected chi connectivity index (χ2v) is 3.80. The average Bonchev–Trinajstić information content (AvgIpc) is 2.27. The minimum atomic E-state index is -0.349. The van der Waals surface area contributed by atoms with E-state index >= 15 is 0 Å². The monoisotopic (exact) mass is 242 g/mol. The molecule has 0 amide bonds. The molecule has 0 aromatic rings. The minimum absolute atomic E-state index is 0.0908. The van der Waals surface area contributed by atoms with Crippen LogP contribution in [0.15, 0.2) is 0 Å². The molecule has 0 N–H and O–H groups in total. The van der Waals surface area contributed by atoms with Crippen LogP contribution >= 0.6 is 23.2 Å². The minimum Gasteiger partial charge on any atom is -0.349 e. The number of halogens is 2. The summed E-state index contributed by atoms with van der Waals surface area (Å²) in [5.41, 5.74) is 0. The van der Waals surface area contributed by atoms with Gasteiger partial charge in [-0.05, 0) is 0 Å². The first-order chi connectivity index (χ1) is 6.83. The van der Waals surface area contributed by atoms with Crippen molar-refractivity contribution in [2.75, 3.05) is 25.0 Å².